The Hall–Kier alpha value is -1.15. The summed E-state index contributed by atoms with van der Waals surface area (Å²) in [5, 5.41) is 0.541. The van der Waals surface area contributed by atoms with E-state index in [4.69, 9.17) is 11.6 Å². The van der Waals surface area contributed by atoms with E-state index < -0.39 is 10.0 Å². The molecule has 0 spiro atoms. The summed E-state index contributed by atoms with van der Waals surface area (Å²) in [6.07, 6.45) is 9.90. The lowest BCUT2D eigenvalue weighted by atomic mass is 9.83. The van der Waals surface area contributed by atoms with E-state index in [2.05, 4.69) is 9.80 Å². The maximum absolute atomic E-state index is 14.0. The van der Waals surface area contributed by atoms with Crippen molar-refractivity contribution in [2.24, 2.45) is 11.3 Å². The number of benzene rings is 1. The summed E-state index contributed by atoms with van der Waals surface area (Å²) < 4.78 is 29.9. The number of hydrogen-bond donors (Lipinski definition) is 0. The molecule has 6 rings (SSSR count). The summed E-state index contributed by atoms with van der Waals surface area (Å²) in [5.74, 6) is 0.702. The van der Waals surface area contributed by atoms with Gasteiger partial charge in [0.05, 0.1) is 4.90 Å². The van der Waals surface area contributed by atoms with Crippen molar-refractivity contribution in [3.05, 3.63) is 29.3 Å². The largest absolute Gasteiger partial charge is 0.340 e. The number of sulfonamides is 1. The first-order valence-corrected chi connectivity index (χ1v) is 15.0. The van der Waals surface area contributed by atoms with Gasteiger partial charge in [-0.05, 0) is 93.5 Å². The first-order valence-electron chi connectivity index (χ1n) is 13.2. The smallest absolute Gasteiger partial charge is 0.243 e. The van der Waals surface area contributed by atoms with Gasteiger partial charge in [-0.25, -0.2) is 8.42 Å². The molecule has 5 aliphatic rings. The number of rotatable bonds is 6. The minimum absolute atomic E-state index is 0.0639. The third kappa shape index (κ3) is 4.21. The van der Waals surface area contributed by atoms with E-state index in [1.54, 1.807) is 24.3 Å². The van der Waals surface area contributed by atoms with Crippen LogP contribution in [0.1, 0.15) is 64.2 Å². The van der Waals surface area contributed by atoms with Gasteiger partial charge in [0.1, 0.15) is 0 Å². The van der Waals surface area contributed by atoms with E-state index in [9.17, 15) is 13.2 Å². The van der Waals surface area contributed by atoms with Crippen molar-refractivity contribution in [2.45, 2.75) is 87.2 Å². The average molecular weight is 506 g/mol. The first kappa shape index (κ1) is 23.3. The van der Waals surface area contributed by atoms with Crippen molar-refractivity contribution in [1.82, 2.24) is 14.1 Å². The van der Waals surface area contributed by atoms with Crippen LogP contribution in [0.25, 0.3) is 0 Å². The summed E-state index contributed by atoms with van der Waals surface area (Å²) in [5.41, 5.74) is -0.197. The summed E-state index contributed by atoms with van der Waals surface area (Å²) in [4.78, 5) is 18.4. The number of piperidine rings is 1. The fourth-order valence-corrected chi connectivity index (χ4v) is 9.15. The van der Waals surface area contributed by atoms with Crippen LogP contribution < -0.4 is 0 Å². The molecule has 186 valence electrons. The Morgan fingerprint density at radius 2 is 1.74 bits per heavy atom. The molecule has 2 saturated carbocycles. The van der Waals surface area contributed by atoms with Gasteiger partial charge in [0.15, 0.2) is 0 Å². The first-order chi connectivity index (χ1) is 16.4. The molecule has 3 heterocycles. The molecular formula is C26H36ClN3O3S. The van der Waals surface area contributed by atoms with Crippen LogP contribution in [0.2, 0.25) is 5.02 Å². The number of nitrogens with zero attached hydrogens (tertiary/aromatic N) is 3. The molecule has 1 aromatic carbocycles. The summed E-state index contributed by atoms with van der Waals surface area (Å²) in [7, 11) is -3.65. The van der Waals surface area contributed by atoms with Crippen LogP contribution in [-0.4, -0.2) is 72.7 Å². The van der Waals surface area contributed by atoms with Gasteiger partial charge in [0, 0.05) is 49.2 Å². The fraction of sp³-hybridized carbons (Fsp3) is 0.731. The summed E-state index contributed by atoms with van der Waals surface area (Å²) in [6.45, 7) is 3.80. The van der Waals surface area contributed by atoms with Gasteiger partial charge in [-0.3, -0.25) is 9.69 Å². The average Bonchev–Trinajstić information content (AvgIpc) is 3.77. The lowest BCUT2D eigenvalue weighted by Crippen LogP contribution is -2.56. The predicted octanol–water partition coefficient (Wildman–Crippen LogP) is 4.14. The molecule has 34 heavy (non-hydrogen) atoms. The second-order valence-electron chi connectivity index (χ2n) is 11.4. The van der Waals surface area contributed by atoms with Crippen molar-refractivity contribution in [2.75, 3.05) is 26.2 Å². The van der Waals surface area contributed by atoms with Crippen LogP contribution in [0, 0.1) is 11.3 Å². The Labute approximate surface area is 208 Å². The van der Waals surface area contributed by atoms with Crippen molar-refractivity contribution < 1.29 is 13.2 Å². The quantitative estimate of drug-likeness (QED) is 0.583. The molecule has 3 atom stereocenters. The zero-order valence-electron chi connectivity index (χ0n) is 19.9. The molecular weight excluding hydrogens is 470 g/mol. The molecule has 0 bridgehead atoms. The number of amides is 1. The van der Waals surface area contributed by atoms with Crippen molar-refractivity contribution >= 4 is 27.5 Å². The van der Waals surface area contributed by atoms with E-state index in [-0.39, 0.29) is 23.4 Å². The molecule has 5 fully saturated rings. The third-order valence-electron chi connectivity index (χ3n) is 9.21. The van der Waals surface area contributed by atoms with Crippen LogP contribution in [0.4, 0.5) is 0 Å². The van der Waals surface area contributed by atoms with Gasteiger partial charge in [-0.15, -0.1) is 0 Å². The maximum Gasteiger partial charge on any atom is 0.243 e. The summed E-state index contributed by atoms with van der Waals surface area (Å²) in [6, 6.07) is 7.11. The Bertz CT molecular complexity index is 1040. The number of halogens is 1. The molecule has 1 amide bonds. The molecule has 3 saturated heterocycles. The highest BCUT2D eigenvalue weighted by Crippen LogP contribution is 2.58. The SMILES string of the molecule is O=C(CC1([C@H]2CCC[C@@H](C3CC3)N2S(=O)(=O)c2ccc(Cl)cc2)CC1)N1CCN2CCCC2C1. The highest BCUT2D eigenvalue weighted by Gasteiger charge is 2.59. The molecule has 1 unspecified atom stereocenters. The second kappa shape index (κ2) is 8.75. The van der Waals surface area contributed by atoms with E-state index >= 15 is 0 Å². The molecule has 0 aromatic heterocycles. The fourth-order valence-electron chi connectivity index (χ4n) is 7.00. The topological polar surface area (TPSA) is 60.9 Å². The number of fused-ring (bicyclic) bond motifs is 1. The van der Waals surface area contributed by atoms with Crippen molar-refractivity contribution in [3.8, 4) is 0 Å². The summed E-state index contributed by atoms with van der Waals surface area (Å²) >= 11 is 6.06. The van der Waals surface area contributed by atoms with Gasteiger partial charge < -0.3 is 4.90 Å². The molecule has 0 radical (unpaired) electrons. The van der Waals surface area contributed by atoms with E-state index in [0.29, 0.717) is 28.3 Å². The van der Waals surface area contributed by atoms with Crippen LogP contribution >= 0.6 is 11.6 Å². The van der Waals surface area contributed by atoms with Gasteiger partial charge in [0.25, 0.3) is 0 Å². The molecule has 3 aliphatic heterocycles. The Morgan fingerprint density at radius 3 is 2.44 bits per heavy atom. The molecule has 2 aliphatic carbocycles. The Kier molecular flexibility index (Phi) is 5.99. The van der Waals surface area contributed by atoms with Gasteiger partial charge in [-0.1, -0.05) is 18.0 Å². The van der Waals surface area contributed by atoms with E-state index in [0.717, 1.165) is 64.6 Å². The zero-order chi connectivity index (χ0) is 23.5. The second-order valence-corrected chi connectivity index (χ2v) is 13.6. The predicted molar refractivity (Wildman–Crippen MR) is 132 cm³/mol. The van der Waals surface area contributed by atoms with Crippen LogP contribution in [0.5, 0.6) is 0 Å². The van der Waals surface area contributed by atoms with Gasteiger partial charge in [0.2, 0.25) is 15.9 Å². The van der Waals surface area contributed by atoms with Gasteiger partial charge in [-0.2, -0.15) is 4.31 Å². The number of piperazine rings is 1. The van der Waals surface area contributed by atoms with E-state index in [1.807, 2.05) is 4.31 Å². The highest BCUT2D eigenvalue weighted by molar-refractivity contribution is 7.89. The van der Waals surface area contributed by atoms with Crippen molar-refractivity contribution in [1.29, 1.82) is 0 Å². The highest BCUT2D eigenvalue weighted by atomic mass is 35.5. The van der Waals surface area contributed by atoms with Crippen LogP contribution in [-0.2, 0) is 14.8 Å². The lowest BCUT2D eigenvalue weighted by molar-refractivity contribution is -0.136. The zero-order valence-corrected chi connectivity index (χ0v) is 21.4. The van der Waals surface area contributed by atoms with E-state index in [1.165, 1.54) is 19.4 Å². The number of carbonyl (C=O) groups excluding carboxylic acids is 1. The third-order valence-corrected chi connectivity index (χ3v) is 11.4. The number of carbonyl (C=O) groups is 1. The normalized spacial score (nSPS) is 31.9. The Morgan fingerprint density at radius 1 is 0.971 bits per heavy atom. The molecule has 1 aromatic rings. The molecule has 8 heteroatoms. The molecule has 6 nitrogen and oxygen atoms in total. The van der Waals surface area contributed by atoms with Gasteiger partial charge >= 0.3 is 0 Å². The van der Waals surface area contributed by atoms with Crippen molar-refractivity contribution in [3.63, 3.8) is 0 Å². The minimum Gasteiger partial charge on any atom is -0.340 e. The number of hydrogen-bond acceptors (Lipinski definition) is 4. The lowest BCUT2D eigenvalue weighted by Gasteiger charge is -2.46. The monoisotopic (exact) mass is 505 g/mol. The van der Waals surface area contributed by atoms with Crippen LogP contribution in [0.15, 0.2) is 29.2 Å². The maximum atomic E-state index is 14.0. The standard InChI is InChI=1S/C26H36ClN3O3S/c27-20-8-10-22(11-9-20)34(32,33)30-23(19-6-7-19)4-1-5-24(30)26(12-13-26)17-25(31)29-16-15-28-14-2-3-21(28)18-29/h8-11,19,21,23-24H,1-7,12-18H2/t21?,23-,24+/m0/s1. The minimum atomic E-state index is -3.65. The molecule has 0 N–H and O–H groups in total. The Balaban J connectivity index is 1.25. The van der Waals surface area contributed by atoms with Crippen LogP contribution in [0.3, 0.4) is 0 Å².